The van der Waals surface area contributed by atoms with Crippen LogP contribution in [0.1, 0.15) is 17.2 Å². The number of ether oxygens (including phenoxy) is 3. The number of ketones is 1. The molecule has 33 heavy (non-hydrogen) atoms. The Morgan fingerprint density at radius 2 is 1.76 bits per heavy atom. The molecular weight excluding hydrogens is 424 g/mol. The van der Waals surface area contributed by atoms with Gasteiger partial charge in [-0.25, -0.2) is 0 Å². The zero-order valence-corrected chi connectivity index (χ0v) is 18.8. The normalized spacial score (nSPS) is 20.8. The zero-order chi connectivity index (χ0) is 23.4. The lowest BCUT2D eigenvalue weighted by atomic mass is 9.95. The molecule has 0 bridgehead atoms. The highest BCUT2D eigenvalue weighted by atomic mass is 16.5. The average molecular weight is 453 g/mol. The molecule has 0 radical (unpaired) electrons. The highest BCUT2D eigenvalue weighted by Crippen LogP contribution is 2.41. The van der Waals surface area contributed by atoms with E-state index in [0.717, 1.165) is 18.7 Å². The Kier molecular flexibility index (Phi) is 6.96. The predicted molar refractivity (Wildman–Crippen MR) is 122 cm³/mol. The van der Waals surface area contributed by atoms with E-state index in [1.807, 2.05) is 30.3 Å². The first kappa shape index (κ1) is 22.8. The van der Waals surface area contributed by atoms with Crippen LogP contribution in [0.25, 0.3) is 5.76 Å². The molecule has 1 amide bonds. The third-order valence-electron chi connectivity index (χ3n) is 6.08. The van der Waals surface area contributed by atoms with Gasteiger partial charge in [-0.3, -0.25) is 14.5 Å². The van der Waals surface area contributed by atoms with Crippen LogP contribution in [0.3, 0.4) is 0 Å². The number of methoxy groups -OCH3 is 2. The van der Waals surface area contributed by atoms with Crippen molar-refractivity contribution in [1.29, 1.82) is 0 Å². The molecule has 2 saturated heterocycles. The number of morpholine rings is 1. The Bertz CT molecular complexity index is 1050. The van der Waals surface area contributed by atoms with Crippen LogP contribution in [0.4, 0.5) is 0 Å². The second-order valence-corrected chi connectivity index (χ2v) is 7.92. The van der Waals surface area contributed by atoms with Crippen molar-refractivity contribution in [2.45, 2.75) is 6.04 Å². The molecule has 174 valence electrons. The lowest BCUT2D eigenvalue weighted by Crippen LogP contribution is -2.42. The van der Waals surface area contributed by atoms with Crippen LogP contribution in [0.5, 0.6) is 11.5 Å². The summed E-state index contributed by atoms with van der Waals surface area (Å²) in [5, 5.41) is 11.3. The van der Waals surface area contributed by atoms with Gasteiger partial charge in [-0.15, -0.1) is 0 Å². The van der Waals surface area contributed by atoms with Crippen LogP contribution in [0.2, 0.25) is 0 Å². The van der Waals surface area contributed by atoms with E-state index < -0.39 is 17.7 Å². The summed E-state index contributed by atoms with van der Waals surface area (Å²) in [6.07, 6.45) is 0. The molecule has 2 fully saturated rings. The van der Waals surface area contributed by atoms with Gasteiger partial charge in [-0.2, -0.15) is 0 Å². The fourth-order valence-corrected chi connectivity index (χ4v) is 4.31. The Labute approximate surface area is 193 Å². The quantitative estimate of drug-likeness (QED) is 0.392. The van der Waals surface area contributed by atoms with Crippen molar-refractivity contribution in [2.75, 3.05) is 53.6 Å². The minimum Gasteiger partial charge on any atom is -0.507 e. The molecule has 8 heteroatoms. The summed E-state index contributed by atoms with van der Waals surface area (Å²) < 4.78 is 16.1. The summed E-state index contributed by atoms with van der Waals surface area (Å²) in [6, 6.07) is 13.5. The van der Waals surface area contributed by atoms with Gasteiger partial charge in [-0.05, 0) is 17.7 Å². The molecule has 2 aromatic carbocycles. The van der Waals surface area contributed by atoms with Gasteiger partial charge in [0.25, 0.3) is 11.7 Å². The molecule has 0 saturated carbocycles. The van der Waals surface area contributed by atoms with Gasteiger partial charge in [-0.1, -0.05) is 30.3 Å². The van der Waals surface area contributed by atoms with Crippen molar-refractivity contribution in [3.63, 3.8) is 0 Å². The van der Waals surface area contributed by atoms with E-state index in [9.17, 15) is 14.7 Å². The summed E-state index contributed by atoms with van der Waals surface area (Å²) in [4.78, 5) is 30.0. The van der Waals surface area contributed by atoms with Crippen LogP contribution in [0.15, 0.2) is 54.1 Å². The number of hydrogen-bond donors (Lipinski definition) is 1. The first-order chi connectivity index (χ1) is 16.0. The highest BCUT2D eigenvalue weighted by molar-refractivity contribution is 6.46. The van der Waals surface area contributed by atoms with Crippen LogP contribution in [0, 0.1) is 0 Å². The Hall–Kier alpha value is -3.36. The molecule has 0 aromatic heterocycles. The van der Waals surface area contributed by atoms with E-state index >= 15 is 0 Å². The first-order valence-electron chi connectivity index (χ1n) is 10.9. The largest absolute Gasteiger partial charge is 0.507 e. The maximum absolute atomic E-state index is 13.2. The minimum absolute atomic E-state index is 0.0524. The molecule has 4 rings (SSSR count). The van der Waals surface area contributed by atoms with Gasteiger partial charge in [0.15, 0.2) is 0 Å². The van der Waals surface area contributed by atoms with Crippen molar-refractivity contribution >= 4 is 17.4 Å². The number of hydrogen-bond acceptors (Lipinski definition) is 7. The van der Waals surface area contributed by atoms with Crippen LogP contribution < -0.4 is 9.47 Å². The van der Waals surface area contributed by atoms with Gasteiger partial charge in [0.1, 0.15) is 17.3 Å². The van der Waals surface area contributed by atoms with Crippen molar-refractivity contribution < 1.29 is 28.9 Å². The molecule has 0 unspecified atom stereocenters. The summed E-state index contributed by atoms with van der Waals surface area (Å²) in [6.45, 7) is 3.84. The molecular formula is C25H28N2O6. The molecule has 2 aliphatic rings. The van der Waals surface area contributed by atoms with E-state index in [0.29, 0.717) is 43.4 Å². The van der Waals surface area contributed by atoms with Gasteiger partial charge < -0.3 is 24.2 Å². The molecule has 1 N–H and O–H groups in total. The second-order valence-electron chi connectivity index (χ2n) is 7.92. The number of carbonyl (C=O) groups excluding carboxylic acids is 2. The van der Waals surface area contributed by atoms with Gasteiger partial charge in [0, 0.05) is 32.2 Å². The van der Waals surface area contributed by atoms with Crippen LogP contribution in [-0.4, -0.2) is 80.2 Å². The van der Waals surface area contributed by atoms with Crippen LogP contribution >= 0.6 is 0 Å². The van der Waals surface area contributed by atoms with Gasteiger partial charge >= 0.3 is 0 Å². The summed E-state index contributed by atoms with van der Waals surface area (Å²) >= 11 is 0. The fourth-order valence-electron chi connectivity index (χ4n) is 4.31. The number of aliphatic hydroxyl groups is 1. The zero-order valence-electron chi connectivity index (χ0n) is 18.8. The van der Waals surface area contributed by atoms with E-state index in [4.69, 9.17) is 14.2 Å². The smallest absolute Gasteiger partial charge is 0.295 e. The number of nitrogens with zero attached hydrogens (tertiary/aromatic N) is 2. The standard InChI is InChI=1S/C25H28N2O6/c1-31-18-8-9-19(20(16-18)32-2)23(28)21-22(17-6-4-3-5-7-17)27(25(30)24(21)29)11-10-26-12-14-33-15-13-26/h3-9,16,22,28H,10-15H2,1-2H3/b23-21+/t22-/m0/s1. The third-order valence-corrected chi connectivity index (χ3v) is 6.08. The summed E-state index contributed by atoms with van der Waals surface area (Å²) in [7, 11) is 3.00. The Morgan fingerprint density at radius 1 is 1.03 bits per heavy atom. The summed E-state index contributed by atoms with van der Waals surface area (Å²) in [5.41, 5.74) is 1.13. The van der Waals surface area contributed by atoms with Gasteiger partial charge in [0.2, 0.25) is 0 Å². The predicted octanol–water partition coefficient (Wildman–Crippen LogP) is 2.46. The first-order valence-corrected chi connectivity index (χ1v) is 10.9. The van der Waals surface area contributed by atoms with E-state index in [1.54, 1.807) is 23.1 Å². The topological polar surface area (TPSA) is 88.5 Å². The Balaban J connectivity index is 1.75. The molecule has 8 nitrogen and oxygen atoms in total. The molecule has 1 atom stereocenters. The number of aliphatic hydroxyl groups excluding tert-OH is 1. The number of carbonyl (C=O) groups is 2. The lowest BCUT2D eigenvalue weighted by molar-refractivity contribution is -0.140. The van der Waals surface area contributed by atoms with Crippen molar-refractivity contribution in [3.8, 4) is 11.5 Å². The van der Waals surface area contributed by atoms with E-state index in [-0.39, 0.29) is 11.3 Å². The summed E-state index contributed by atoms with van der Waals surface area (Å²) in [5.74, 6) is -0.699. The van der Waals surface area contributed by atoms with Gasteiger partial charge in [0.05, 0.1) is 44.6 Å². The second kappa shape index (κ2) is 10.1. The molecule has 0 spiro atoms. The lowest BCUT2D eigenvalue weighted by Gasteiger charge is -2.31. The molecule has 2 aliphatic heterocycles. The number of amides is 1. The maximum Gasteiger partial charge on any atom is 0.295 e. The van der Waals surface area contributed by atoms with Crippen molar-refractivity contribution in [1.82, 2.24) is 9.80 Å². The maximum atomic E-state index is 13.2. The number of rotatable bonds is 7. The van der Waals surface area contributed by atoms with Crippen LogP contribution in [-0.2, 0) is 14.3 Å². The molecule has 2 aromatic rings. The number of Topliss-reactive ketones (excluding diaryl/α,β-unsaturated/α-hetero) is 1. The minimum atomic E-state index is -0.707. The molecule has 2 heterocycles. The number of benzene rings is 2. The average Bonchev–Trinajstić information content (AvgIpc) is 3.12. The Morgan fingerprint density at radius 3 is 2.42 bits per heavy atom. The van der Waals surface area contributed by atoms with Crippen molar-refractivity contribution in [3.05, 3.63) is 65.2 Å². The SMILES string of the molecule is COc1ccc(/C(O)=C2\C(=O)C(=O)N(CCN3CCOCC3)[C@H]2c2ccccc2)c(OC)c1. The van der Waals surface area contributed by atoms with E-state index in [2.05, 4.69) is 4.90 Å². The molecule has 0 aliphatic carbocycles. The number of likely N-dealkylation sites (tertiary alicyclic amines) is 1. The monoisotopic (exact) mass is 452 g/mol. The third kappa shape index (κ3) is 4.58. The van der Waals surface area contributed by atoms with E-state index in [1.165, 1.54) is 14.2 Å². The van der Waals surface area contributed by atoms with Crippen molar-refractivity contribution in [2.24, 2.45) is 0 Å². The highest BCUT2D eigenvalue weighted by Gasteiger charge is 2.46. The fraction of sp³-hybridized carbons (Fsp3) is 0.360.